The SMILES string of the molecule is CNC(c1cc(C)c(F)cc1Cl)c1cccc(Cl)c1Cl. The highest BCUT2D eigenvalue weighted by Gasteiger charge is 2.20. The summed E-state index contributed by atoms with van der Waals surface area (Å²) in [6.45, 7) is 1.70. The Morgan fingerprint density at radius 2 is 1.75 bits per heavy atom. The Labute approximate surface area is 132 Å². The van der Waals surface area contributed by atoms with Crippen LogP contribution in [0.5, 0.6) is 0 Å². The van der Waals surface area contributed by atoms with Crippen LogP contribution in [0.25, 0.3) is 0 Å². The molecule has 1 unspecified atom stereocenters. The molecular weight excluding hydrogens is 320 g/mol. The van der Waals surface area contributed by atoms with Crippen LogP contribution in [-0.4, -0.2) is 7.05 Å². The van der Waals surface area contributed by atoms with Crippen LogP contribution in [0.15, 0.2) is 30.3 Å². The van der Waals surface area contributed by atoms with E-state index < -0.39 is 0 Å². The summed E-state index contributed by atoms with van der Waals surface area (Å²) in [5, 5.41) is 4.43. The number of rotatable bonds is 3. The van der Waals surface area contributed by atoms with Crippen molar-refractivity contribution in [3.63, 3.8) is 0 Å². The second kappa shape index (κ2) is 6.31. The van der Waals surface area contributed by atoms with Gasteiger partial charge >= 0.3 is 0 Å². The normalized spacial score (nSPS) is 12.5. The average Bonchev–Trinajstić information content (AvgIpc) is 2.41. The summed E-state index contributed by atoms with van der Waals surface area (Å²) in [6.07, 6.45) is 0. The van der Waals surface area contributed by atoms with Crippen molar-refractivity contribution in [3.05, 3.63) is 67.9 Å². The molecule has 20 heavy (non-hydrogen) atoms. The Balaban J connectivity index is 2.58. The summed E-state index contributed by atoms with van der Waals surface area (Å²) in [5.74, 6) is -0.328. The van der Waals surface area contributed by atoms with Gasteiger partial charge in [-0.1, -0.05) is 46.9 Å². The van der Waals surface area contributed by atoms with Crippen molar-refractivity contribution < 1.29 is 4.39 Å². The predicted molar refractivity (Wildman–Crippen MR) is 83.5 cm³/mol. The fourth-order valence-electron chi connectivity index (χ4n) is 2.12. The van der Waals surface area contributed by atoms with Gasteiger partial charge in [0.05, 0.1) is 16.1 Å². The van der Waals surface area contributed by atoms with Crippen LogP contribution in [0.2, 0.25) is 15.1 Å². The van der Waals surface area contributed by atoms with Gasteiger partial charge in [-0.3, -0.25) is 0 Å². The first-order valence-electron chi connectivity index (χ1n) is 6.02. The van der Waals surface area contributed by atoms with Gasteiger partial charge in [-0.2, -0.15) is 0 Å². The number of hydrogen-bond acceptors (Lipinski definition) is 1. The highest BCUT2D eigenvalue weighted by atomic mass is 35.5. The molecule has 0 aromatic heterocycles. The minimum Gasteiger partial charge on any atom is -0.309 e. The van der Waals surface area contributed by atoms with Gasteiger partial charge in [0.15, 0.2) is 0 Å². The summed E-state index contributed by atoms with van der Waals surface area (Å²) in [6, 6.07) is 8.18. The van der Waals surface area contributed by atoms with Gasteiger partial charge in [0.1, 0.15) is 5.82 Å². The molecule has 0 fully saturated rings. The summed E-state index contributed by atoms with van der Waals surface area (Å²) >= 11 is 18.5. The molecule has 0 saturated carbocycles. The molecule has 0 saturated heterocycles. The van der Waals surface area contributed by atoms with Gasteiger partial charge in [-0.15, -0.1) is 0 Å². The van der Waals surface area contributed by atoms with E-state index in [1.165, 1.54) is 6.07 Å². The lowest BCUT2D eigenvalue weighted by atomic mass is 9.97. The van der Waals surface area contributed by atoms with E-state index in [0.717, 1.165) is 11.1 Å². The molecule has 2 rings (SSSR count). The summed E-state index contributed by atoms with van der Waals surface area (Å²) < 4.78 is 13.5. The summed E-state index contributed by atoms with van der Waals surface area (Å²) in [5.41, 5.74) is 2.09. The van der Waals surface area contributed by atoms with Crippen LogP contribution >= 0.6 is 34.8 Å². The largest absolute Gasteiger partial charge is 0.309 e. The van der Waals surface area contributed by atoms with E-state index in [1.54, 1.807) is 26.1 Å². The molecule has 5 heteroatoms. The van der Waals surface area contributed by atoms with Crippen molar-refractivity contribution in [2.24, 2.45) is 0 Å². The molecule has 0 aliphatic carbocycles. The lowest BCUT2D eigenvalue weighted by molar-refractivity contribution is 0.614. The molecular formula is C15H13Cl3FN. The van der Waals surface area contributed by atoms with Crippen molar-refractivity contribution in [1.82, 2.24) is 5.32 Å². The lowest BCUT2D eigenvalue weighted by Gasteiger charge is -2.21. The number of benzene rings is 2. The number of hydrogen-bond donors (Lipinski definition) is 1. The number of aryl methyl sites for hydroxylation is 1. The van der Waals surface area contributed by atoms with Gasteiger partial charge in [0, 0.05) is 5.02 Å². The molecule has 0 bridgehead atoms. The van der Waals surface area contributed by atoms with Crippen molar-refractivity contribution in [1.29, 1.82) is 0 Å². The Hall–Kier alpha value is -0.800. The van der Waals surface area contributed by atoms with Gasteiger partial charge < -0.3 is 5.32 Å². The van der Waals surface area contributed by atoms with Crippen molar-refractivity contribution in [2.75, 3.05) is 7.05 Å². The quantitative estimate of drug-likeness (QED) is 0.793. The van der Waals surface area contributed by atoms with Gasteiger partial charge in [0.2, 0.25) is 0 Å². The maximum absolute atomic E-state index is 13.5. The average molecular weight is 333 g/mol. The van der Waals surface area contributed by atoms with Crippen LogP contribution in [0.3, 0.4) is 0 Å². The molecule has 0 aliphatic heterocycles. The highest BCUT2D eigenvalue weighted by molar-refractivity contribution is 6.42. The molecule has 2 aromatic rings. The Morgan fingerprint density at radius 3 is 2.40 bits per heavy atom. The molecule has 0 heterocycles. The van der Waals surface area contributed by atoms with E-state index >= 15 is 0 Å². The monoisotopic (exact) mass is 331 g/mol. The zero-order valence-electron chi connectivity index (χ0n) is 11.0. The molecule has 1 N–H and O–H groups in total. The van der Waals surface area contributed by atoms with Crippen LogP contribution in [0, 0.1) is 12.7 Å². The van der Waals surface area contributed by atoms with Gasteiger partial charge in [-0.25, -0.2) is 4.39 Å². The minimum atomic E-state index is -0.328. The van der Waals surface area contributed by atoms with Crippen LogP contribution in [0.1, 0.15) is 22.7 Å². The van der Waals surface area contributed by atoms with Gasteiger partial charge in [-0.05, 0) is 48.9 Å². The molecule has 106 valence electrons. The molecule has 0 amide bonds. The molecule has 1 nitrogen and oxygen atoms in total. The zero-order chi connectivity index (χ0) is 14.9. The van der Waals surface area contributed by atoms with E-state index in [1.807, 2.05) is 12.1 Å². The van der Waals surface area contributed by atoms with Crippen molar-refractivity contribution in [2.45, 2.75) is 13.0 Å². The van der Waals surface area contributed by atoms with E-state index in [-0.39, 0.29) is 11.9 Å². The first-order chi connectivity index (χ1) is 9.45. The van der Waals surface area contributed by atoms with Gasteiger partial charge in [0.25, 0.3) is 0 Å². The third kappa shape index (κ3) is 2.94. The molecule has 2 aromatic carbocycles. The van der Waals surface area contributed by atoms with Crippen molar-refractivity contribution >= 4 is 34.8 Å². The standard InChI is InChI=1S/C15H13Cl3FN/c1-8-6-10(12(17)7-13(8)19)15(20-2)9-4-3-5-11(16)14(9)18/h3-7,15,20H,1-2H3. The minimum absolute atomic E-state index is 0.256. The Bertz CT molecular complexity index is 643. The van der Waals surface area contributed by atoms with E-state index in [0.29, 0.717) is 20.6 Å². The first-order valence-corrected chi connectivity index (χ1v) is 7.15. The lowest BCUT2D eigenvalue weighted by Crippen LogP contribution is -2.19. The fourth-order valence-corrected chi connectivity index (χ4v) is 2.80. The molecule has 0 aliphatic rings. The first kappa shape index (κ1) is 15.6. The molecule has 0 radical (unpaired) electrons. The third-order valence-corrected chi connectivity index (χ3v) is 4.33. The summed E-state index contributed by atoms with van der Waals surface area (Å²) in [7, 11) is 1.79. The van der Waals surface area contributed by atoms with Crippen LogP contribution < -0.4 is 5.32 Å². The Kier molecular flexibility index (Phi) is 4.92. The van der Waals surface area contributed by atoms with Crippen LogP contribution in [-0.2, 0) is 0 Å². The predicted octanol–water partition coefficient (Wildman–Crippen LogP) is 5.40. The van der Waals surface area contributed by atoms with Crippen molar-refractivity contribution in [3.8, 4) is 0 Å². The molecule has 1 atom stereocenters. The number of halogens is 4. The third-order valence-electron chi connectivity index (χ3n) is 3.17. The topological polar surface area (TPSA) is 12.0 Å². The summed E-state index contributed by atoms with van der Waals surface area (Å²) in [4.78, 5) is 0. The number of nitrogens with one attached hydrogen (secondary N) is 1. The Morgan fingerprint density at radius 1 is 1.05 bits per heavy atom. The maximum atomic E-state index is 13.5. The smallest absolute Gasteiger partial charge is 0.127 e. The zero-order valence-corrected chi connectivity index (χ0v) is 13.2. The maximum Gasteiger partial charge on any atom is 0.127 e. The van der Waals surface area contributed by atoms with E-state index in [9.17, 15) is 4.39 Å². The van der Waals surface area contributed by atoms with Crippen LogP contribution in [0.4, 0.5) is 4.39 Å². The van der Waals surface area contributed by atoms with E-state index in [4.69, 9.17) is 34.8 Å². The van der Waals surface area contributed by atoms with E-state index in [2.05, 4.69) is 5.32 Å². The second-order valence-corrected chi connectivity index (χ2v) is 5.68. The fraction of sp³-hybridized carbons (Fsp3) is 0.200. The second-order valence-electron chi connectivity index (χ2n) is 4.49. The molecule has 0 spiro atoms. The highest BCUT2D eigenvalue weighted by Crippen LogP contribution is 2.36.